The Hall–Kier alpha value is -3.67. The first-order valence-corrected chi connectivity index (χ1v) is 11.5. The number of nitrogens with one attached hydrogen (secondary N) is 1. The fourth-order valence-corrected chi connectivity index (χ4v) is 3.55. The van der Waals surface area contributed by atoms with Crippen molar-refractivity contribution in [2.45, 2.75) is 45.3 Å². The SMILES string of the molecule is CC[C@@H](C)NC(=O)[C@H](Cc1ccccc1)N(Cc1ccccc1F)C(=O)COc1ccccc1. The number of rotatable bonds is 11. The van der Waals surface area contributed by atoms with Gasteiger partial charge in [-0.2, -0.15) is 0 Å². The Morgan fingerprint density at radius 1 is 0.941 bits per heavy atom. The molecule has 0 radical (unpaired) electrons. The molecule has 3 aromatic rings. The molecule has 178 valence electrons. The third-order valence-corrected chi connectivity index (χ3v) is 5.68. The molecule has 0 spiro atoms. The molecule has 0 saturated heterocycles. The fourth-order valence-electron chi connectivity index (χ4n) is 3.55. The summed E-state index contributed by atoms with van der Waals surface area (Å²) >= 11 is 0. The van der Waals surface area contributed by atoms with E-state index < -0.39 is 17.8 Å². The van der Waals surface area contributed by atoms with E-state index in [1.54, 1.807) is 30.3 Å². The van der Waals surface area contributed by atoms with E-state index in [1.807, 2.05) is 62.4 Å². The first-order chi connectivity index (χ1) is 16.5. The molecule has 0 saturated carbocycles. The molecule has 0 heterocycles. The van der Waals surface area contributed by atoms with E-state index in [4.69, 9.17) is 4.74 Å². The fraction of sp³-hybridized carbons (Fsp3) is 0.286. The van der Waals surface area contributed by atoms with Crippen molar-refractivity contribution in [3.05, 3.63) is 102 Å². The van der Waals surface area contributed by atoms with Gasteiger partial charge < -0.3 is 15.0 Å². The highest BCUT2D eigenvalue weighted by atomic mass is 19.1. The summed E-state index contributed by atoms with van der Waals surface area (Å²) in [5, 5.41) is 2.99. The molecule has 0 aromatic heterocycles. The van der Waals surface area contributed by atoms with Gasteiger partial charge >= 0.3 is 0 Å². The van der Waals surface area contributed by atoms with Crippen LogP contribution in [0.5, 0.6) is 5.75 Å². The van der Waals surface area contributed by atoms with Crippen LogP contribution in [-0.4, -0.2) is 35.4 Å². The maximum atomic E-state index is 14.6. The maximum Gasteiger partial charge on any atom is 0.261 e. The monoisotopic (exact) mass is 462 g/mol. The zero-order valence-electron chi connectivity index (χ0n) is 19.6. The van der Waals surface area contributed by atoms with Crippen molar-refractivity contribution in [1.29, 1.82) is 0 Å². The number of amides is 2. The van der Waals surface area contributed by atoms with Gasteiger partial charge in [0.15, 0.2) is 6.61 Å². The lowest BCUT2D eigenvalue weighted by Gasteiger charge is -2.32. The number of carbonyl (C=O) groups excluding carboxylic acids is 2. The van der Waals surface area contributed by atoms with Gasteiger partial charge in [0.05, 0.1) is 0 Å². The summed E-state index contributed by atoms with van der Waals surface area (Å²) in [4.78, 5) is 28.2. The average molecular weight is 463 g/mol. The molecule has 3 aromatic carbocycles. The lowest BCUT2D eigenvalue weighted by Crippen LogP contribution is -2.53. The molecule has 0 aliphatic heterocycles. The standard InChI is InChI=1S/C28H31FN2O3/c1-3-21(2)30-28(33)26(18-22-12-6-4-7-13-22)31(19-23-14-10-11-17-25(23)29)27(32)20-34-24-15-8-5-9-16-24/h4-17,21,26H,3,18-20H2,1-2H3,(H,30,33)/t21-,26+/m1/s1. The second kappa shape index (κ2) is 12.5. The van der Waals surface area contributed by atoms with Gasteiger partial charge in [-0.15, -0.1) is 0 Å². The van der Waals surface area contributed by atoms with Crippen molar-refractivity contribution >= 4 is 11.8 Å². The number of benzene rings is 3. The predicted octanol–water partition coefficient (Wildman–Crippen LogP) is 4.76. The van der Waals surface area contributed by atoms with Crippen LogP contribution >= 0.6 is 0 Å². The second-order valence-electron chi connectivity index (χ2n) is 8.24. The number of para-hydroxylation sites is 1. The molecule has 0 aliphatic carbocycles. The van der Waals surface area contributed by atoms with Crippen LogP contribution in [0.15, 0.2) is 84.9 Å². The smallest absolute Gasteiger partial charge is 0.261 e. The largest absolute Gasteiger partial charge is 0.484 e. The van der Waals surface area contributed by atoms with Gasteiger partial charge in [0.2, 0.25) is 5.91 Å². The van der Waals surface area contributed by atoms with Crippen LogP contribution in [0.2, 0.25) is 0 Å². The van der Waals surface area contributed by atoms with E-state index in [0.717, 1.165) is 12.0 Å². The third kappa shape index (κ3) is 7.17. The third-order valence-electron chi connectivity index (χ3n) is 5.68. The first-order valence-electron chi connectivity index (χ1n) is 11.5. The van der Waals surface area contributed by atoms with Crippen molar-refractivity contribution in [1.82, 2.24) is 10.2 Å². The summed E-state index contributed by atoms with van der Waals surface area (Å²) in [5.74, 6) is -0.551. The summed E-state index contributed by atoms with van der Waals surface area (Å²) in [6.07, 6.45) is 1.05. The molecule has 0 aliphatic rings. The number of hydrogen-bond acceptors (Lipinski definition) is 3. The number of ether oxygens (including phenoxy) is 1. The summed E-state index contributed by atoms with van der Waals surface area (Å²) in [6.45, 7) is 3.58. The van der Waals surface area contributed by atoms with Crippen LogP contribution in [0.25, 0.3) is 0 Å². The minimum absolute atomic E-state index is 0.0465. The van der Waals surface area contributed by atoms with Crippen LogP contribution in [0.3, 0.4) is 0 Å². The van der Waals surface area contributed by atoms with Crippen molar-refractivity contribution in [3.63, 3.8) is 0 Å². The summed E-state index contributed by atoms with van der Waals surface area (Å²) < 4.78 is 20.2. The Morgan fingerprint density at radius 3 is 2.21 bits per heavy atom. The molecule has 34 heavy (non-hydrogen) atoms. The number of nitrogens with zero attached hydrogens (tertiary/aromatic N) is 1. The molecule has 3 rings (SSSR count). The minimum atomic E-state index is -0.831. The molecule has 2 atom stereocenters. The van der Waals surface area contributed by atoms with Gasteiger partial charge in [0.25, 0.3) is 5.91 Å². The zero-order valence-corrected chi connectivity index (χ0v) is 19.6. The number of halogens is 1. The molecule has 0 fully saturated rings. The van der Waals surface area contributed by atoms with Crippen LogP contribution in [0.4, 0.5) is 4.39 Å². The van der Waals surface area contributed by atoms with E-state index in [0.29, 0.717) is 17.7 Å². The van der Waals surface area contributed by atoms with E-state index >= 15 is 0 Å². The van der Waals surface area contributed by atoms with Crippen LogP contribution in [0.1, 0.15) is 31.4 Å². The van der Waals surface area contributed by atoms with Gasteiger partial charge in [-0.3, -0.25) is 9.59 Å². The first kappa shape index (κ1) is 25.0. The number of hydrogen-bond donors (Lipinski definition) is 1. The van der Waals surface area contributed by atoms with Gasteiger partial charge in [-0.05, 0) is 37.1 Å². The molecule has 2 amide bonds. The van der Waals surface area contributed by atoms with Crippen molar-refractivity contribution in [3.8, 4) is 5.75 Å². The van der Waals surface area contributed by atoms with Gasteiger partial charge in [0, 0.05) is 24.6 Å². The Balaban J connectivity index is 1.92. The lowest BCUT2D eigenvalue weighted by molar-refractivity contribution is -0.143. The van der Waals surface area contributed by atoms with E-state index in [1.165, 1.54) is 11.0 Å². The van der Waals surface area contributed by atoms with Gasteiger partial charge in [-0.25, -0.2) is 4.39 Å². The molecular weight excluding hydrogens is 431 g/mol. The zero-order chi connectivity index (χ0) is 24.3. The van der Waals surface area contributed by atoms with E-state index in [2.05, 4.69) is 5.32 Å². The average Bonchev–Trinajstić information content (AvgIpc) is 2.86. The van der Waals surface area contributed by atoms with Gasteiger partial charge in [-0.1, -0.05) is 73.7 Å². The van der Waals surface area contributed by atoms with Crippen molar-refractivity contribution in [2.75, 3.05) is 6.61 Å². The Bertz CT molecular complexity index is 1060. The molecule has 6 heteroatoms. The molecule has 1 N–H and O–H groups in total. The van der Waals surface area contributed by atoms with Gasteiger partial charge in [0.1, 0.15) is 17.6 Å². The Labute approximate surface area is 200 Å². The quantitative estimate of drug-likeness (QED) is 0.447. The summed E-state index contributed by atoms with van der Waals surface area (Å²) in [5.41, 5.74) is 1.24. The van der Waals surface area contributed by atoms with Crippen molar-refractivity contribution < 1.29 is 18.7 Å². The topological polar surface area (TPSA) is 58.6 Å². The highest BCUT2D eigenvalue weighted by Gasteiger charge is 2.31. The van der Waals surface area contributed by atoms with Crippen LogP contribution < -0.4 is 10.1 Å². The number of carbonyl (C=O) groups is 2. The van der Waals surface area contributed by atoms with Crippen molar-refractivity contribution in [2.24, 2.45) is 0 Å². The summed E-state index contributed by atoms with van der Waals surface area (Å²) in [7, 11) is 0. The molecule has 5 nitrogen and oxygen atoms in total. The van der Waals surface area contributed by atoms with E-state index in [9.17, 15) is 14.0 Å². The highest BCUT2D eigenvalue weighted by Crippen LogP contribution is 2.18. The van der Waals surface area contributed by atoms with E-state index in [-0.39, 0.29) is 25.1 Å². The molecule has 0 bridgehead atoms. The van der Waals surface area contributed by atoms with Crippen LogP contribution in [-0.2, 0) is 22.6 Å². The Kier molecular flexibility index (Phi) is 9.21. The lowest BCUT2D eigenvalue weighted by atomic mass is 10.0. The van der Waals surface area contributed by atoms with Crippen LogP contribution in [0, 0.1) is 5.82 Å². The predicted molar refractivity (Wildman–Crippen MR) is 131 cm³/mol. The second-order valence-corrected chi connectivity index (χ2v) is 8.24. The highest BCUT2D eigenvalue weighted by molar-refractivity contribution is 5.88. The maximum absolute atomic E-state index is 14.6. The normalized spacial score (nSPS) is 12.4. The summed E-state index contributed by atoms with van der Waals surface area (Å²) in [6, 6.07) is 23.9. The molecular formula is C28H31FN2O3. The minimum Gasteiger partial charge on any atom is -0.484 e. The molecule has 0 unspecified atom stereocenters. The Morgan fingerprint density at radius 2 is 1.56 bits per heavy atom.